The van der Waals surface area contributed by atoms with Crippen molar-refractivity contribution in [3.05, 3.63) is 77.2 Å². The second-order valence-corrected chi connectivity index (χ2v) is 7.14. The zero-order chi connectivity index (χ0) is 21.8. The molecule has 8 heteroatoms. The number of nitrogens with zero attached hydrogens (tertiary/aromatic N) is 4. The van der Waals surface area contributed by atoms with Gasteiger partial charge < -0.3 is 20.4 Å². The standard InChI is InChI=1S/C23H19ClN6O/c1-30-17(5-3-9-25)12-20-22(30)23(28-14-27-20)29-16-7-8-21(19(24)11-16)31-18-6-2-4-15(10-18)13-26/h2-8,10-12,14H,9,25H2,1H3,(H,27,28,29)/b5-3+. The Hall–Kier alpha value is -3.86. The molecule has 0 saturated heterocycles. The van der Waals surface area contributed by atoms with Gasteiger partial charge in [0.05, 0.1) is 22.2 Å². The summed E-state index contributed by atoms with van der Waals surface area (Å²) in [5.41, 5.74) is 9.50. The molecule has 0 amide bonds. The summed E-state index contributed by atoms with van der Waals surface area (Å²) in [6.45, 7) is 0.464. The summed E-state index contributed by atoms with van der Waals surface area (Å²) in [7, 11) is 1.95. The highest BCUT2D eigenvalue weighted by Crippen LogP contribution is 2.33. The van der Waals surface area contributed by atoms with E-state index in [-0.39, 0.29) is 0 Å². The molecule has 4 rings (SSSR count). The molecule has 0 fully saturated rings. The molecule has 0 saturated carbocycles. The van der Waals surface area contributed by atoms with Gasteiger partial charge in [-0.05, 0) is 48.5 Å². The van der Waals surface area contributed by atoms with E-state index in [0.717, 1.165) is 22.4 Å². The van der Waals surface area contributed by atoms with Gasteiger partial charge in [-0.1, -0.05) is 23.7 Å². The zero-order valence-corrected chi connectivity index (χ0v) is 17.5. The number of fused-ring (bicyclic) bond motifs is 1. The maximum Gasteiger partial charge on any atom is 0.158 e. The van der Waals surface area contributed by atoms with Gasteiger partial charge in [-0.3, -0.25) is 0 Å². The summed E-state index contributed by atoms with van der Waals surface area (Å²) in [4.78, 5) is 8.76. The summed E-state index contributed by atoms with van der Waals surface area (Å²) in [6, 6.07) is 16.3. The average molecular weight is 431 g/mol. The van der Waals surface area contributed by atoms with Crippen molar-refractivity contribution in [2.75, 3.05) is 11.9 Å². The van der Waals surface area contributed by atoms with E-state index in [2.05, 4.69) is 21.4 Å². The van der Waals surface area contributed by atoms with Gasteiger partial charge in [0.15, 0.2) is 5.82 Å². The molecule has 3 N–H and O–H groups in total. The van der Waals surface area contributed by atoms with Crippen LogP contribution in [0, 0.1) is 11.3 Å². The Labute approximate surface area is 184 Å². The molecule has 0 atom stereocenters. The number of hydrogen-bond acceptors (Lipinski definition) is 6. The second kappa shape index (κ2) is 8.88. The fourth-order valence-corrected chi connectivity index (χ4v) is 3.41. The number of aromatic nitrogens is 3. The van der Waals surface area contributed by atoms with Crippen molar-refractivity contribution in [2.45, 2.75) is 0 Å². The Kier molecular flexibility index (Phi) is 5.85. The molecule has 2 heterocycles. The largest absolute Gasteiger partial charge is 0.456 e. The molecule has 0 aliphatic carbocycles. The minimum Gasteiger partial charge on any atom is -0.456 e. The highest BCUT2D eigenvalue weighted by molar-refractivity contribution is 6.32. The number of nitrogens with two attached hydrogens (primary N) is 1. The first-order valence-corrected chi connectivity index (χ1v) is 9.88. The molecule has 0 unspecified atom stereocenters. The normalized spacial score (nSPS) is 11.0. The molecular weight excluding hydrogens is 412 g/mol. The number of nitriles is 1. The van der Waals surface area contributed by atoms with Crippen molar-refractivity contribution in [2.24, 2.45) is 12.8 Å². The quantitative estimate of drug-likeness (QED) is 0.446. The lowest BCUT2D eigenvalue weighted by Crippen LogP contribution is -2.00. The number of benzene rings is 2. The molecular formula is C23H19ClN6O. The number of halogens is 1. The summed E-state index contributed by atoms with van der Waals surface area (Å²) in [5, 5.41) is 12.8. The van der Waals surface area contributed by atoms with Crippen LogP contribution in [0.25, 0.3) is 17.1 Å². The molecule has 0 bridgehead atoms. The third-order valence-electron chi connectivity index (χ3n) is 4.67. The fraction of sp³-hybridized carbons (Fsp3) is 0.0870. The highest BCUT2D eigenvalue weighted by Gasteiger charge is 2.12. The first-order valence-electron chi connectivity index (χ1n) is 9.50. The molecule has 2 aromatic carbocycles. The predicted octanol–water partition coefficient (Wildman–Crippen LogP) is 5.00. The van der Waals surface area contributed by atoms with E-state index in [1.54, 1.807) is 36.4 Å². The second-order valence-electron chi connectivity index (χ2n) is 6.73. The molecule has 31 heavy (non-hydrogen) atoms. The van der Waals surface area contributed by atoms with Gasteiger partial charge in [-0.15, -0.1) is 0 Å². The van der Waals surface area contributed by atoms with Crippen LogP contribution in [0.2, 0.25) is 5.02 Å². The van der Waals surface area contributed by atoms with E-state index in [4.69, 9.17) is 27.3 Å². The highest BCUT2D eigenvalue weighted by atomic mass is 35.5. The van der Waals surface area contributed by atoms with Crippen LogP contribution in [0.5, 0.6) is 11.5 Å². The SMILES string of the molecule is Cn1c(/C=C/CN)cc2ncnc(Nc3ccc(Oc4cccc(C#N)c4)c(Cl)c3)c21. The Balaban J connectivity index is 1.61. The molecule has 2 aromatic heterocycles. The van der Waals surface area contributed by atoms with Gasteiger partial charge in [0.25, 0.3) is 0 Å². The molecule has 7 nitrogen and oxygen atoms in total. The van der Waals surface area contributed by atoms with Crippen LogP contribution in [-0.2, 0) is 7.05 Å². The van der Waals surface area contributed by atoms with Gasteiger partial charge in [0.1, 0.15) is 23.3 Å². The minimum absolute atomic E-state index is 0.427. The van der Waals surface area contributed by atoms with Gasteiger partial charge >= 0.3 is 0 Å². The van der Waals surface area contributed by atoms with Crippen molar-refractivity contribution in [3.8, 4) is 17.6 Å². The predicted molar refractivity (Wildman–Crippen MR) is 123 cm³/mol. The van der Waals surface area contributed by atoms with E-state index >= 15 is 0 Å². The molecule has 0 aliphatic heterocycles. The number of ether oxygens (including phenoxy) is 1. The van der Waals surface area contributed by atoms with Gasteiger partial charge in [0.2, 0.25) is 0 Å². The van der Waals surface area contributed by atoms with Crippen molar-refractivity contribution in [1.29, 1.82) is 5.26 Å². The van der Waals surface area contributed by atoms with Crippen LogP contribution in [0.15, 0.2) is 60.9 Å². The number of aryl methyl sites for hydroxylation is 1. The maximum absolute atomic E-state index is 9.04. The third kappa shape index (κ3) is 4.36. The van der Waals surface area contributed by atoms with Crippen molar-refractivity contribution in [1.82, 2.24) is 14.5 Å². The Morgan fingerprint density at radius 3 is 2.87 bits per heavy atom. The van der Waals surface area contributed by atoms with Crippen LogP contribution in [-0.4, -0.2) is 21.1 Å². The Bertz CT molecular complexity index is 1320. The van der Waals surface area contributed by atoms with E-state index in [1.807, 2.05) is 35.9 Å². The molecule has 0 aliphatic rings. The van der Waals surface area contributed by atoms with Crippen LogP contribution in [0.1, 0.15) is 11.3 Å². The Morgan fingerprint density at radius 1 is 1.23 bits per heavy atom. The number of hydrogen-bond donors (Lipinski definition) is 2. The monoisotopic (exact) mass is 430 g/mol. The van der Waals surface area contributed by atoms with Crippen LogP contribution in [0.3, 0.4) is 0 Å². The fourth-order valence-electron chi connectivity index (χ4n) is 3.19. The van der Waals surface area contributed by atoms with E-state index in [9.17, 15) is 0 Å². The minimum atomic E-state index is 0.427. The Morgan fingerprint density at radius 2 is 2.10 bits per heavy atom. The first kappa shape index (κ1) is 20.4. The van der Waals surface area contributed by atoms with Crippen molar-refractivity contribution in [3.63, 3.8) is 0 Å². The van der Waals surface area contributed by atoms with E-state index in [1.165, 1.54) is 6.33 Å². The average Bonchev–Trinajstić information content (AvgIpc) is 3.10. The van der Waals surface area contributed by atoms with Crippen molar-refractivity contribution >= 4 is 40.2 Å². The summed E-state index contributed by atoms with van der Waals surface area (Å²) < 4.78 is 7.83. The number of nitrogens with one attached hydrogen (secondary N) is 1. The van der Waals surface area contributed by atoms with Gasteiger partial charge in [0, 0.05) is 25.0 Å². The summed E-state index contributed by atoms with van der Waals surface area (Å²) >= 11 is 6.44. The van der Waals surface area contributed by atoms with Gasteiger partial charge in [-0.25, -0.2) is 9.97 Å². The lowest BCUT2D eigenvalue weighted by molar-refractivity contribution is 0.483. The van der Waals surface area contributed by atoms with E-state index < -0.39 is 0 Å². The molecule has 0 radical (unpaired) electrons. The maximum atomic E-state index is 9.04. The smallest absolute Gasteiger partial charge is 0.158 e. The number of rotatable bonds is 6. The van der Waals surface area contributed by atoms with E-state index in [0.29, 0.717) is 34.4 Å². The van der Waals surface area contributed by atoms with Gasteiger partial charge in [-0.2, -0.15) is 5.26 Å². The zero-order valence-electron chi connectivity index (χ0n) is 16.7. The molecule has 4 aromatic rings. The van der Waals surface area contributed by atoms with Crippen LogP contribution in [0.4, 0.5) is 11.5 Å². The number of anilines is 2. The van der Waals surface area contributed by atoms with Crippen LogP contribution >= 0.6 is 11.6 Å². The molecule has 0 spiro atoms. The first-order chi connectivity index (χ1) is 15.1. The van der Waals surface area contributed by atoms with Crippen molar-refractivity contribution < 1.29 is 4.74 Å². The lowest BCUT2D eigenvalue weighted by atomic mass is 10.2. The summed E-state index contributed by atoms with van der Waals surface area (Å²) in [5.74, 6) is 1.69. The third-order valence-corrected chi connectivity index (χ3v) is 4.96. The lowest BCUT2D eigenvalue weighted by Gasteiger charge is -2.12. The topological polar surface area (TPSA) is 102 Å². The molecule has 154 valence electrons. The summed E-state index contributed by atoms with van der Waals surface area (Å²) in [6.07, 6.45) is 5.36. The van der Waals surface area contributed by atoms with Crippen LogP contribution < -0.4 is 15.8 Å².